The summed E-state index contributed by atoms with van der Waals surface area (Å²) in [5.41, 5.74) is 19.2. The number of fused-ring (bicyclic) bond motifs is 4. The minimum atomic E-state index is -1.18. The summed E-state index contributed by atoms with van der Waals surface area (Å²) in [6.07, 6.45) is 15.6. The highest BCUT2D eigenvalue weighted by molar-refractivity contribution is 5.85. The lowest BCUT2D eigenvalue weighted by Gasteiger charge is -2.26. The van der Waals surface area contributed by atoms with Crippen molar-refractivity contribution in [3.8, 4) is 67.5 Å². The van der Waals surface area contributed by atoms with Crippen LogP contribution in [0.15, 0.2) is 116 Å². The van der Waals surface area contributed by atoms with Crippen molar-refractivity contribution in [1.82, 2.24) is 0 Å². The van der Waals surface area contributed by atoms with Gasteiger partial charge in [0.05, 0.1) is 69.8 Å². The lowest BCUT2D eigenvalue weighted by molar-refractivity contribution is -0.385. The van der Waals surface area contributed by atoms with Gasteiger partial charge in [0.1, 0.15) is 48.4 Å². The molecule has 0 aromatic heterocycles. The predicted octanol–water partition coefficient (Wildman–Crippen LogP) is 21.2. The number of aliphatic hydroxyl groups is 3. The minimum absolute atomic E-state index is 0.00411. The van der Waals surface area contributed by atoms with Gasteiger partial charge in [0.25, 0.3) is 22.7 Å². The van der Waals surface area contributed by atoms with E-state index in [0.717, 1.165) is 221 Å². The number of rotatable bonds is 23. The second kappa shape index (κ2) is 36.3. The Morgan fingerprint density at radius 2 is 0.733 bits per heavy atom. The summed E-state index contributed by atoms with van der Waals surface area (Å²) in [5, 5.41) is 78.3. The zero-order chi connectivity index (χ0) is 85.9. The third-order valence-corrected chi connectivity index (χ3v) is 23.8. The zero-order valence-electron chi connectivity index (χ0n) is 70.2. The summed E-state index contributed by atoms with van der Waals surface area (Å²) >= 11 is 0. The van der Waals surface area contributed by atoms with Crippen LogP contribution in [-0.4, -0.2) is 93.2 Å². The third-order valence-electron chi connectivity index (χ3n) is 23.8. The molecular weight excluding hydrogens is 1530 g/mol. The van der Waals surface area contributed by atoms with Gasteiger partial charge in [0.2, 0.25) is 0 Å². The van der Waals surface area contributed by atoms with Gasteiger partial charge in [-0.2, -0.15) is 0 Å². The summed E-state index contributed by atoms with van der Waals surface area (Å²) in [6.45, 7) is 27.1. The molecule has 3 N–H and O–H groups in total. The number of aryl methyl sites for hydroxylation is 4. The highest BCUT2D eigenvalue weighted by Gasteiger charge is 2.40. The van der Waals surface area contributed by atoms with Crippen LogP contribution in [-0.2, 0) is 49.5 Å². The normalized spacial score (nSPS) is 16.4. The molecule has 4 heterocycles. The van der Waals surface area contributed by atoms with Crippen molar-refractivity contribution in [1.29, 1.82) is 0 Å². The van der Waals surface area contributed by atoms with Crippen LogP contribution in [0.4, 0.5) is 22.7 Å². The second-order valence-electron chi connectivity index (χ2n) is 34.7. The van der Waals surface area contributed by atoms with Gasteiger partial charge in [-0.3, -0.25) is 50.0 Å². The first-order valence-corrected chi connectivity index (χ1v) is 41.8. The molecule has 0 radical (unpaired) electrons. The molecule has 3 unspecified atom stereocenters. The monoisotopic (exact) mass is 1640 g/mol. The second-order valence-corrected chi connectivity index (χ2v) is 34.7. The van der Waals surface area contributed by atoms with Crippen molar-refractivity contribution in [3.63, 3.8) is 0 Å². The van der Waals surface area contributed by atoms with Gasteiger partial charge in [-0.15, -0.1) is 0 Å². The molecule has 0 amide bonds. The van der Waals surface area contributed by atoms with Crippen molar-refractivity contribution in [3.05, 3.63) is 246 Å². The molecule has 24 heteroatoms. The van der Waals surface area contributed by atoms with Crippen LogP contribution in [0, 0.1) is 79.0 Å². The number of aliphatic hydroxyl groups excluding tert-OH is 3. The summed E-state index contributed by atoms with van der Waals surface area (Å²) in [5.74, 6) is 3.92. The number of nitro benzene ring substituents is 4. The summed E-state index contributed by atoms with van der Waals surface area (Å²) in [6, 6.07) is 31.1. The first-order chi connectivity index (χ1) is 57.3. The van der Waals surface area contributed by atoms with Crippen LogP contribution >= 0.6 is 0 Å². The first kappa shape index (κ1) is 86.5. The predicted molar refractivity (Wildman–Crippen MR) is 458 cm³/mol. The molecule has 24 nitrogen and oxygen atoms in total. The van der Waals surface area contributed by atoms with Crippen LogP contribution in [0.3, 0.4) is 0 Å². The first-order valence-electron chi connectivity index (χ1n) is 41.8. The van der Waals surface area contributed by atoms with Crippen molar-refractivity contribution >= 4 is 40.8 Å². The third kappa shape index (κ3) is 19.1. The van der Waals surface area contributed by atoms with E-state index in [0.29, 0.717) is 64.7 Å². The van der Waals surface area contributed by atoms with Crippen LogP contribution < -0.4 is 18.9 Å². The number of carbonyl (C=O) groups is 2. The number of nitro groups is 4. The highest BCUT2D eigenvalue weighted by atomic mass is 16.6. The number of benzene rings is 8. The molecule has 0 spiro atoms. The molecule has 8 aromatic carbocycles. The molecular formula is C96H108N4O20. The quantitative estimate of drug-likeness (QED) is 0.0232. The molecule has 4 saturated carbocycles. The van der Waals surface area contributed by atoms with Gasteiger partial charge in [0.15, 0.2) is 6.10 Å². The van der Waals surface area contributed by atoms with Gasteiger partial charge in [-0.25, -0.2) is 0 Å². The Morgan fingerprint density at radius 1 is 0.442 bits per heavy atom. The Labute approximate surface area is 699 Å². The highest BCUT2D eigenvalue weighted by Crippen LogP contribution is 2.55. The molecule has 0 saturated heterocycles. The molecule has 4 aliphatic carbocycles. The fourth-order valence-corrected chi connectivity index (χ4v) is 16.9. The maximum atomic E-state index is 12.5. The Bertz CT molecular complexity index is 5350. The van der Waals surface area contributed by atoms with E-state index in [1.807, 2.05) is 49.4 Å². The molecule has 120 heavy (non-hydrogen) atoms. The maximum absolute atomic E-state index is 12.5. The van der Waals surface area contributed by atoms with Gasteiger partial charge in [0, 0.05) is 63.2 Å². The van der Waals surface area contributed by atoms with Crippen molar-refractivity contribution < 1.29 is 77.8 Å². The van der Waals surface area contributed by atoms with Crippen molar-refractivity contribution in [2.75, 3.05) is 46.2 Å². The summed E-state index contributed by atoms with van der Waals surface area (Å²) in [4.78, 5) is 70.3. The number of nitrogens with zero attached hydrogens (tertiary/aromatic N) is 4. The van der Waals surface area contributed by atoms with Crippen LogP contribution in [0.2, 0.25) is 0 Å². The van der Waals surface area contributed by atoms with E-state index in [4.69, 9.17) is 33.2 Å². The average Bonchev–Trinajstić information content (AvgIpc) is 1.52. The van der Waals surface area contributed by atoms with Gasteiger partial charge >= 0.3 is 11.9 Å². The number of hydrogen-bond acceptors (Lipinski definition) is 20. The Hall–Kier alpha value is -11.3. The lowest BCUT2D eigenvalue weighted by atomic mass is 9.84. The molecule has 0 bridgehead atoms. The summed E-state index contributed by atoms with van der Waals surface area (Å²) in [7, 11) is 0. The largest absolute Gasteiger partial charge is 0.493 e. The minimum Gasteiger partial charge on any atom is -0.493 e. The summed E-state index contributed by atoms with van der Waals surface area (Å²) < 4.78 is 39.9. The molecule has 632 valence electrons. The Balaban J connectivity index is 0.000000139. The molecule has 16 rings (SSSR count). The van der Waals surface area contributed by atoms with E-state index < -0.39 is 51.6 Å². The van der Waals surface area contributed by atoms with E-state index in [2.05, 4.69) is 43.5 Å². The topological polar surface area (TPSA) is 332 Å². The van der Waals surface area contributed by atoms with Crippen LogP contribution in [0.25, 0.3) is 50.6 Å². The van der Waals surface area contributed by atoms with Crippen LogP contribution in [0.5, 0.6) is 23.0 Å². The van der Waals surface area contributed by atoms with E-state index in [-0.39, 0.29) is 69.5 Å². The van der Waals surface area contributed by atoms with E-state index in [9.17, 15) is 65.4 Å². The van der Waals surface area contributed by atoms with Gasteiger partial charge in [-0.1, -0.05) is 43.5 Å². The SMILES string of the molecule is C=COC(COC(=O)C(C)(C)C)c1c(C)c([N+](=O)[O-])cc(C2CC2)c1-c1ccc2c(c1)CCCO2.C=Cc1c(C)c([N+](=O)[O-])cc(C2CC2)c1-c1ccc2c(c1)CCCO2.Cc1c([N+](=O)[O-])cc(C2CC2)c(-c2ccc3c(c2)CCCO3)c1C(O)CO.Cc1c([N+](=O)[O-])cc(C2CC2)c(-c2ccc3c(c2)CCCO3)c1C(O)COC(=O)C(C)(C)C. The molecule has 4 fully saturated rings. The smallest absolute Gasteiger partial charge is 0.311 e. The van der Waals surface area contributed by atoms with Gasteiger partial charge < -0.3 is 48.5 Å². The maximum Gasteiger partial charge on any atom is 0.311 e. The zero-order valence-corrected chi connectivity index (χ0v) is 70.2. The fourth-order valence-electron chi connectivity index (χ4n) is 16.9. The number of esters is 2. The molecule has 8 aromatic rings. The van der Waals surface area contributed by atoms with E-state index >= 15 is 0 Å². The lowest BCUT2D eigenvalue weighted by Crippen LogP contribution is -2.26. The molecule has 8 aliphatic rings. The van der Waals surface area contributed by atoms with Gasteiger partial charge in [-0.05, 0) is 339 Å². The van der Waals surface area contributed by atoms with Crippen LogP contribution in [0.1, 0.15) is 250 Å². The number of carbonyl (C=O) groups excluding carboxylic acids is 2. The van der Waals surface area contributed by atoms with Crippen molar-refractivity contribution in [2.45, 2.75) is 214 Å². The Morgan fingerprint density at radius 3 is 1.03 bits per heavy atom. The molecule has 3 atom stereocenters. The fraction of sp³-hybridized carbons (Fsp3) is 0.438. The number of hydrogen-bond donors (Lipinski definition) is 3. The average molecular weight is 1640 g/mol. The molecule has 4 aliphatic heterocycles. The number of ether oxygens (including phenoxy) is 7. The standard InChI is InChI=1S/C28H33NO6.C26H31NO6.C21H23NO5.C21H21NO3/c1-6-33-24(16-35-27(30)28(3,4)5)25-17(2)22(29(31)32)15-21(18-9-10-18)26(25)20-11-12-23-19(14-20)8-7-13-34-23;1-15-20(27(30)31)13-19(16-7-8-16)24(18-9-10-22-17(12-18)6-5-11-32-22)23(15)21(28)14-33-25(29)26(2,3)4;1-12-17(22(25)26)10-16(13-4-5-13)21(20(12)18(24)11-23)15-6-7-19-14(9-15)3-2-8-27-19;1-3-17-13(2)19(22(23)24)12-18(14-6-7-14)21(17)16-8-9-20-15(11-16)5-4-10-25-20/h6,11-12,14-15,18,24H,1,7-10,13,16H2,2-5H3;9-10,12-13,16,21,28H,5-8,11,14H2,1-4H3;6-7,9-10,13,18,23-24H,2-5,8,11H2,1H3;3,8-9,11-12,14H,1,4-7,10H2,2H3. The van der Waals surface area contributed by atoms with Crippen molar-refractivity contribution in [2.24, 2.45) is 10.8 Å². The van der Waals surface area contributed by atoms with E-state index in [1.165, 1.54) is 11.8 Å². The van der Waals surface area contributed by atoms with E-state index in [1.54, 1.807) is 92.7 Å². The Kier molecular flexibility index (Phi) is 26.2.